The van der Waals surface area contributed by atoms with Crippen LogP contribution in [0.4, 0.5) is 4.79 Å². The smallest absolute Gasteiger partial charge is 0.332 e. The third kappa shape index (κ3) is 8.97. The van der Waals surface area contributed by atoms with Gasteiger partial charge in [0, 0.05) is 23.8 Å². The van der Waals surface area contributed by atoms with Gasteiger partial charge in [-0.2, -0.15) is 11.8 Å². The topological polar surface area (TPSA) is 114 Å². The van der Waals surface area contributed by atoms with Crippen LogP contribution in [0.25, 0.3) is 0 Å². The summed E-state index contributed by atoms with van der Waals surface area (Å²) < 4.78 is 22.0. The van der Waals surface area contributed by atoms with Gasteiger partial charge in [0.15, 0.2) is 0 Å². The van der Waals surface area contributed by atoms with Crippen LogP contribution >= 0.6 is 19.6 Å². The third-order valence-electron chi connectivity index (χ3n) is 4.93. The van der Waals surface area contributed by atoms with E-state index in [4.69, 9.17) is 9.05 Å². The lowest BCUT2D eigenvalue weighted by atomic mass is 9.99. The first-order valence-corrected chi connectivity index (χ1v) is 12.9. The lowest BCUT2D eigenvalue weighted by Crippen LogP contribution is -2.37. The van der Waals surface area contributed by atoms with Crippen LogP contribution in [0.15, 0.2) is 0 Å². The molecule has 0 radical (unpaired) electrons. The highest BCUT2D eigenvalue weighted by atomic mass is 32.2. The Bertz CT molecular complexity index is 626. The Morgan fingerprint density at radius 3 is 2.72 bits per heavy atom. The van der Waals surface area contributed by atoms with E-state index in [9.17, 15) is 19.0 Å². The Morgan fingerprint density at radius 2 is 2.03 bits per heavy atom. The molecule has 2 aliphatic rings. The van der Waals surface area contributed by atoms with Gasteiger partial charge in [-0.05, 0) is 39.5 Å². The van der Waals surface area contributed by atoms with Crippen molar-refractivity contribution in [3.05, 3.63) is 0 Å². The quantitative estimate of drug-likeness (QED) is 0.236. The second kappa shape index (κ2) is 10.6. The fourth-order valence-corrected chi connectivity index (χ4v) is 6.26. The number of carbonyl (C=O) groups is 2. The highest BCUT2D eigenvalue weighted by molar-refractivity contribution is 8.00. The van der Waals surface area contributed by atoms with Gasteiger partial charge in [0.05, 0.1) is 24.3 Å². The Hall–Kier alpha value is -0.600. The number of hydrogen-bond donors (Lipinski definition) is 3. The highest BCUT2D eigenvalue weighted by Crippen LogP contribution is 2.47. The summed E-state index contributed by atoms with van der Waals surface area (Å²) in [5.74, 6) is 1.25. The second-order valence-electron chi connectivity index (χ2n) is 9.04. The van der Waals surface area contributed by atoms with Crippen LogP contribution in [0.5, 0.6) is 0 Å². The molecule has 0 aromatic carbocycles. The zero-order valence-electron chi connectivity index (χ0n) is 17.8. The molecule has 10 heteroatoms. The second-order valence-corrected chi connectivity index (χ2v) is 11.7. The van der Waals surface area contributed by atoms with Gasteiger partial charge in [-0.1, -0.05) is 19.8 Å². The van der Waals surface area contributed by atoms with Crippen LogP contribution in [0, 0.1) is 5.92 Å². The molecule has 0 spiro atoms. The van der Waals surface area contributed by atoms with Crippen molar-refractivity contribution in [2.75, 3.05) is 12.4 Å². The van der Waals surface area contributed by atoms with Crippen molar-refractivity contribution in [2.24, 2.45) is 5.92 Å². The van der Waals surface area contributed by atoms with Gasteiger partial charge < -0.3 is 15.5 Å². The van der Waals surface area contributed by atoms with Crippen molar-refractivity contribution in [1.82, 2.24) is 10.6 Å². The van der Waals surface area contributed by atoms with Gasteiger partial charge >= 0.3 is 13.9 Å². The molecule has 0 aliphatic carbocycles. The van der Waals surface area contributed by atoms with E-state index < -0.39 is 13.4 Å². The average Bonchev–Trinajstić information content (AvgIpc) is 3.11. The van der Waals surface area contributed by atoms with Crippen molar-refractivity contribution >= 4 is 31.4 Å². The number of nitrogens with one attached hydrogen (secondary N) is 2. The zero-order chi connectivity index (χ0) is 21.7. The number of amides is 2. The van der Waals surface area contributed by atoms with Gasteiger partial charge in [-0.3, -0.25) is 13.8 Å². The van der Waals surface area contributed by atoms with E-state index in [0.717, 1.165) is 31.4 Å². The van der Waals surface area contributed by atoms with Crippen molar-refractivity contribution in [1.29, 1.82) is 0 Å². The Labute approximate surface area is 177 Å². The van der Waals surface area contributed by atoms with Crippen LogP contribution in [0.2, 0.25) is 0 Å². The average molecular weight is 451 g/mol. The molecule has 5 unspecified atom stereocenters. The normalized spacial score (nSPS) is 27.1. The summed E-state index contributed by atoms with van der Waals surface area (Å²) in [5.41, 5.74) is -0.738. The molecule has 2 heterocycles. The summed E-state index contributed by atoms with van der Waals surface area (Å²) in [6, 6.07) is 0.0949. The number of carbonyl (C=O) groups excluding carboxylic acids is 2. The van der Waals surface area contributed by atoms with E-state index in [2.05, 4.69) is 10.6 Å². The van der Waals surface area contributed by atoms with E-state index in [-0.39, 0.29) is 41.7 Å². The maximum absolute atomic E-state index is 12.3. The zero-order valence-corrected chi connectivity index (χ0v) is 19.5. The molecule has 2 rings (SSSR count). The number of Topliss-reactive ketones (excluding diaryl/α,β-unsaturated/α-hetero) is 1. The number of urea groups is 1. The molecule has 2 saturated heterocycles. The van der Waals surface area contributed by atoms with Crippen molar-refractivity contribution in [3.63, 3.8) is 0 Å². The van der Waals surface area contributed by atoms with Crippen molar-refractivity contribution < 1.29 is 28.1 Å². The molecule has 0 bridgehead atoms. The minimum atomic E-state index is -4.03. The van der Waals surface area contributed by atoms with Crippen LogP contribution in [0.1, 0.15) is 66.2 Å². The number of thioether (sulfide) groups is 1. The van der Waals surface area contributed by atoms with E-state index >= 15 is 0 Å². The van der Waals surface area contributed by atoms with Crippen LogP contribution in [0.3, 0.4) is 0 Å². The Morgan fingerprint density at radius 1 is 1.31 bits per heavy atom. The Balaban J connectivity index is 1.53. The van der Waals surface area contributed by atoms with E-state index in [1.54, 1.807) is 32.5 Å². The number of phosphoric acid groups is 1. The minimum absolute atomic E-state index is 0.0714. The standard InChI is InChI=1S/C19H35N2O6PS/c1-13(11-26-28(24,25)27-19(2,3)4)8-6-5-7-9-14(22)10-16-17-15(12-29-16)20-18(23)21-17/h13,15-17H,5-12H2,1-4H3,(H,24,25)(H2,20,21,23). The summed E-state index contributed by atoms with van der Waals surface area (Å²) in [5, 5.41) is 5.97. The molecule has 2 amide bonds. The van der Waals surface area contributed by atoms with Gasteiger partial charge in [-0.15, -0.1) is 0 Å². The fraction of sp³-hybridized carbons (Fsp3) is 0.895. The number of phosphoric ester groups is 1. The van der Waals surface area contributed by atoms with Gasteiger partial charge in [0.1, 0.15) is 5.78 Å². The van der Waals surface area contributed by atoms with Gasteiger partial charge in [-0.25, -0.2) is 9.36 Å². The number of hydrogen-bond acceptors (Lipinski definition) is 6. The monoisotopic (exact) mass is 450 g/mol. The van der Waals surface area contributed by atoms with E-state index in [1.165, 1.54) is 0 Å². The molecule has 29 heavy (non-hydrogen) atoms. The molecule has 8 nitrogen and oxygen atoms in total. The maximum atomic E-state index is 12.3. The molecule has 0 aromatic heterocycles. The van der Waals surface area contributed by atoms with Crippen LogP contribution in [-0.2, 0) is 18.4 Å². The van der Waals surface area contributed by atoms with Gasteiger partial charge in [0.25, 0.3) is 0 Å². The summed E-state index contributed by atoms with van der Waals surface area (Å²) >= 11 is 1.76. The number of unbranched alkanes of at least 4 members (excludes halogenated alkanes) is 2. The first-order valence-electron chi connectivity index (χ1n) is 10.3. The molecule has 5 atom stereocenters. The SMILES string of the molecule is CC(CCCCCC(=O)CC1SCC2NC(=O)NC21)COP(=O)(O)OC(C)(C)C. The minimum Gasteiger partial charge on any atom is -0.332 e. The predicted molar refractivity (Wildman–Crippen MR) is 114 cm³/mol. The van der Waals surface area contributed by atoms with E-state index in [0.29, 0.717) is 12.8 Å². The number of fused-ring (bicyclic) bond motifs is 1. The summed E-state index contributed by atoms with van der Waals surface area (Å²) in [7, 11) is -4.03. The summed E-state index contributed by atoms with van der Waals surface area (Å²) in [4.78, 5) is 33.3. The molecule has 0 aromatic rings. The van der Waals surface area contributed by atoms with Crippen molar-refractivity contribution in [3.8, 4) is 0 Å². The lowest BCUT2D eigenvalue weighted by Gasteiger charge is -2.23. The first-order chi connectivity index (χ1) is 13.5. The van der Waals surface area contributed by atoms with Crippen LogP contribution < -0.4 is 10.6 Å². The van der Waals surface area contributed by atoms with Crippen molar-refractivity contribution in [2.45, 2.75) is 89.2 Å². The van der Waals surface area contributed by atoms with Crippen LogP contribution in [-0.4, -0.2) is 52.0 Å². The summed E-state index contributed by atoms with van der Waals surface area (Å²) in [6.45, 7) is 7.25. The molecule has 2 aliphatic heterocycles. The molecule has 3 N–H and O–H groups in total. The van der Waals surface area contributed by atoms with E-state index in [1.807, 2.05) is 6.92 Å². The molecular formula is C19H35N2O6PS. The largest absolute Gasteiger partial charge is 0.472 e. The molecular weight excluding hydrogens is 415 g/mol. The third-order valence-corrected chi connectivity index (χ3v) is 7.62. The lowest BCUT2D eigenvalue weighted by molar-refractivity contribution is -0.119. The number of ketones is 1. The number of rotatable bonds is 12. The van der Waals surface area contributed by atoms with Gasteiger partial charge in [0.2, 0.25) is 0 Å². The Kier molecular flexibility index (Phi) is 9.04. The predicted octanol–water partition coefficient (Wildman–Crippen LogP) is 3.63. The summed E-state index contributed by atoms with van der Waals surface area (Å²) in [6.07, 6.45) is 4.66. The first kappa shape index (κ1) is 24.7. The molecule has 168 valence electrons. The molecule has 2 fully saturated rings. The highest BCUT2D eigenvalue weighted by Gasteiger charge is 2.43. The molecule has 0 saturated carbocycles. The maximum Gasteiger partial charge on any atom is 0.472 e. The fourth-order valence-electron chi connectivity index (χ4n) is 3.56.